The van der Waals surface area contributed by atoms with Crippen LogP contribution in [0.2, 0.25) is 0 Å². The van der Waals surface area contributed by atoms with Crippen molar-refractivity contribution in [1.29, 1.82) is 0 Å². The Morgan fingerprint density at radius 3 is 0.772 bits per heavy atom. The highest BCUT2D eigenvalue weighted by Gasteiger charge is 2.30. The van der Waals surface area contributed by atoms with E-state index in [1.54, 1.807) is 0 Å². The van der Waals surface area contributed by atoms with Crippen LogP contribution in [0.4, 0.5) is 0 Å². The van der Waals surface area contributed by atoms with E-state index >= 15 is 0 Å². The highest BCUT2D eigenvalue weighted by molar-refractivity contribution is 7.47. The lowest BCUT2D eigenvalue weighted by atomic mass is 9.99. The summed E-state index contributed by atoms with van der Waals surface area (Å²) in [6.45, 7) is 14.1. The first kappa shape index (κ1) is 90.1. The van der Waals surface area contributed by atoms with Crippen molar-refractivity contribution >= 4 is 39.5 Å². The molecule has 0 aliphatic rings. The smallest absolute Gasteiger partial charge is 0.462 e. The third-order valence-corrected chi connectivity index (χ3v) is 19.1. The van der Waals surface area contributed by atoms with Crippen molar-refractivity contribution in [1.82, 2.24) is 0 Å². The average Bonchev–Trinajstić information content (AvgIpc) is 3.25. The molecule has 0 amide bonds. The third kappa shape index (κ3) is 65.4. The first-order valence-corrected chi connectivity index (χ1v) is 40.7. The van der Waals surface area contributed by atoms with Gasteiger partial charge in [0.25, 0.3) is 0 Å². The summed E-state index contributed by atoms with van der Waals surface area (Å²) in [5.74, 6) is 0.907. The Morgan fingerprint density at radius 2 is 0.522 bits per heavy atom. The molecule has 0 rings (SSSR count). The van der Waals surface area contributed by atoms with Crippen LogP contribution in [0.25, 0.3) is 0 Å². The Bertz CT molecular complexity index is 1820. The van der Waals surface area contributed by atoms with Gasteiger partial charge in [0.2, 0.25) is 0 Å². The summed E-state index contributed by atoms with van der Waals surface area (Å²) in [7, 11) is -9.91. The van der Waals surface area contributed by atoms with E-state index in [1.807, 2.05) is 0 Å². The first-order chi connectivity index (χ1) is 44.1. The number of hydrogen-bond donors (Lipinski definition) is 3. The Morgan fingerprint density at radius 1 is 0.304 bits per heavy atom. The van der Waals surface area contributed by atoms with Crippen molar-refractivity contribution in [3.8, 4) is 0 Å². The van der Waals surface area contributed by atoms with Crippen LogP contribution in [-0.2, 0) is 65.4 Å². The van der Waals surface area contributed by atoms with E-state index in [2.05, 4.69) is 55.4 Å². The lowest BCUT2D eigenvalue weighted by Gasteiger charge is -2.21. The number of phosphoric ester groups is 2. The number of ether oxygens (including phenoxy) is 4. The molecule has 0 bridgehead atoms. The lowest BCUT2D eigenvalue weighted by molar-refractivity contribution is -0.161. The number of hydrogen-bond acceptors (Lipinski definition) is 15. The van der Waals surface area contributed by atoms with Gasteiger partial charge >= 0.3 is 39.5 Å². The summed E-state index contributed by atoms with van der Waals surface area (Å²) in [5.41, 5.74) is 0. The SMILES string of the molecule is CCC(C)CCCCCCCCCCC(=O)O[C@H](COC(=O)CCCCCCCCCC(C)C)COP(=O)(O)OCC(O)COP(=O)(O)OC[C@@H](COC(=O)CCCCCCCCCCCCCCC(C)C)OC(=O)CCCCCCCCCCCCCCC(C)C. The van der Waals surface area contributed by atoms with Crippen molar-refractivity contribution in [2.45, 2.75) is 382 Å². The molecule has 0 aromatic rings. The zero-order chi connectivity index (χ0) is 68.2. The van der Waals surface area contributed by atoms with Gasteiger partial charge in [-0.2, -0.15) is 0 Å². The van der Waals surface area contributed by atoms with E-state index in [-0.39, 0.29) is 25.7 Å². The van der Waals surface area contributed by atoms with E-state index in [1.165, 1.54) is 161 Å². The number of esters is 4. The molecular formula is C73H142O17P2. The molecule has 17 nitrogen and oxygen atoms in total. The third-order valence-electron chi connectivity index (χ3n) is 17.2. The fourth-order valence-corrected chi connectivity index (χ4v) is 12.6. The van der Waals surface area contributed by atoms with Crippen LogP contribution in [0.15, 0.2) is 0 Å². The second kappa shape index (κ2) is 62.6. The molecule has 0 aliphatic carbocycles. The second-order valence-corrected chi connectivity index (χ2v) is 30.9. The van der Waals surface area contributed by atoms with Gasteiger partial charge in [0.15, 0.2) is 12.2 Å². The molecule has 0 fully saturated rings. The van der Waals surface area contributed by atoms with Gasteiger partial charge in [-0.1, -0.05) is 312 Å². The van der Waals surface area contributed by atoms with Gasteiger partial charge in [0.05, 0.1) is 26.4 Å². The number of unbranched alkanes of at least 4 members (excludes halogenated alkanes) is 35. The van der Waals surface area contributed by atoms with Crippen molar-refractivity contribution < 1.29 is 80.2 Å². The normalized spacial score (nSPS) is 14.5. The lowest BCUT2D eigenvalue weighted by Crippen LogP contribution is -2.30. The maximum absolute atomic E-state index is 13.1. The van der Waals surface area contributed by atoms with Crippen molar-refractivity contribution in [3.63, 3.8) is 0 Å². The van der Waals surface area contributed by atoms with Crippen molar-refractivity contribution in [2.75, 3.05) is 39.6 Å². The molecular weight excluding hydrogens is 1210 g/mol. The number of aliphatic hydroxyl groups is 1. The fourth-order valence-electron chi connectivity index (χ4n) is 11.0. The van der Waals surface area contributed by atoms with Crippen molar-refractivity contribution in [2.24, 2.45) is 23.7 Å². The topological polar surface area (TPSA) is 237 Å². The van der Waals surface area contributed by atoms with E-state index in [0.29, 0.717) is 31.6 Å². The molecule has 0 aromatic heterocycles. The van der Waals surface area contributed by atoms with Crippen LogP contribution < -0.4 is 0 Å². The highest BCUT2D eigenvalue weighted by atomic mass is 31.2. The van der Waals surface area contributed by atoms with Crippen LogP contribution in [0.3, 0.4) is 0 Å². The molecule has 0 heterocycles. The summed E-state index contributed by atoms with van der Waals surface area (Å²) in [6, 6.07) is 0. The monoisotopic (exact) mass is 1350 g/mol. The predicted molar refractivity (Wildman–Crippen MR) is 372 cm³/mol. The molecule has 6 atom stereocenters. The molecule has 0 radical (unpaired) electrons. The summed E-state index contributed by atoms with van der Waals surface area (Å²) < 4.78 is 68.4. The predicted octanol–water partition coefficient (Wildman–Crippen LogP) is 20.9. The van der Waals surface area contributed by atoms with Gasteiger partial charge in [0, 0.05) is 25.7 Å². The van der Waals surface area contributed by atoms with Gasteiger partial charge in [-0.3, -0.25) is 37.3 Å². The molecule has 4 unspecified atom stereocenters. The second-order valence-electron chi connectivity index (χ2n) is 28.0. The molecule has 92 heavy (non-hydrogen) atoms. The largest absolute Gasteiger partial charge is 0.472 e. The van der Waals surface area contributed by atoms with Crippen LogP contribution in [0, 0.1) is 23.7 Å². The minimum absolute atomic E-state index is 0.104. The van der Waals surface area contributed by atoms with E-state index in [0.717, 1.165) is 114 Å². The van der Waals surface area contributed by atoms with Gasteiger partial charge in [-0.05, 0) is 49.4 Å². The van der Waals surface area contributed by atoms with Gasteiger partial charge in [-0.25, -0.2) is 9.13 Å². The van der Waals surface area contributed by atoms with Gasteiger partial charge < -0.3 is 33.8 Å². The van der Waals surface area contributed by atoms with Crippen LogP contribution >= 0.6 is 15.6 Å². The number of phosphoric acid groups is 2. The van der Waals surface area contributed by atoms with E-state index < -0.39 is 97.5 Å². The maximum atomic E-state index is 13.1. The zero-order valence-electron chi connectivity index (χ0n) is 60.2. The zero-order valence-corrected chi connectivity index (χ0v) is 62.0. The minimum atomic E-state index is -4.96. The standard InChI is InChI=1S/C73H142O17P2/c1-9-66(8)52-44-36-28-22-23-31-40-48-56-73(78)90-69(60-84-71(76)54-46-38-32-24-27-35-43-51-65(6)7)62-88-92(81,82)86-58-67(74)57-85-91(79,80)87-61-68(89-72(77)55-47-39-30-21-17-13-11-15-19-26-34-42-50-64(4)5)59-83-70(75)53-45-37-29-20-16-12-10-14-18-25-33-41-49-63(2)3/h63-69,74H,9-62H2,1-8H3,(H,79,80)(H,81,82)/t66?,67?,68-,69-/m1/s1. The Hall–Kier alpha value is -1.94. The molecule has 0 aliphatic heterocycles. The van der Waals surface area contributed by atoms with Crippen LogP contribution in [0.1, 0.15) is 364 Å². The average molecular weight is 1350 g/mol. The number of carbonyl (C=O) groups is 4. The summed E-state index contributed by atoms with van der Waals surface area (Å²) in [5, 5.41) is 10.6. The minimum Gasteiger partial charge on any atom is -0.462 e. The molecule has 0 saturated heterocycles. The summed E-state index contributed by atoms with van der Waals surface area (Å²) >= 11 is 0. The van der Waals surface area contributed by atoms with Gasteiger partial charge in [-0.15, -0.1) is 0 Å². The summed E-state index contributed by atoms with van der Waals surface area (Å²) in [6.07, 6.45) is 45.8. The molecule has 3 N–H and O–H groups in total. The first-order valence-electron chi connectivity index (χ1n) is 37.7. The molecule has 0 spiro atoms. The molecule has 546 valence electrons. The van der Waals surface area contributed by atoms with E-state index in [4.69, 9.17) is 37.0 Å². The highest BCUT2D eigenvalue weighted by Crippen LogP contribution is 2.45. The Kier molecular flexibility index (Phi) is 61.3. The van der Waals surface area contributed by atoms with Gasteiger partial charge in [0.1, 0.15) is 19.3 Å². The Labute approximate surface area is 562 Å². The molecule has 19 heteroatoms. The molecule has 0 aromatic carbocycles. The van der Waals surface area contributed by atoms with Crippen LogP contribution in [-0.4, -0.2) is 96.7 Å². The number of aliphatic hydroxyl groups excluding tert-OH is 1. The summed E-state index contributed by atoms with van der Waals surface area (Å²) in [4.78, 5) is 72.7. The molecule has 0 saturated carbocycles. The number of carbonyl (C=O) groups excluding carboxylic acids is 4. The number of rotatable bonds is 70. The van der Waals surface area contributed by atoms with E-state index in [9.17, 15) is 43.2 Å². The maximum Gasteiger partial charge on any atom is 0.472 e. The fraction of sp³-hybridized carbons (Fsp3) is 0.945. The van der Waals surface area contributed by atoms with Crippen molar-refractivity contribution in [3.05, 3.63) is 0 Å². The van der Waals surface area contributed by atoms with Crippen LogP contribution in [0.5, 0.6) is 0 Å². The Balaban J connectivity index is 5.26. The quantitative estimate of drug-likeness (QED) is 0.0222.